The topological polar surface area (TPSA) is 42.0 Å². The van der Waals surface area contributed by atoms with E-state index in [-0.39, 0.29) is 23.4 Å². The van der Waals surface area contributed by atoms with Crippen molar-refractivity contribution >= 4 is 5.91 Å². The molecule has 1 aromatic rings. The Balaban J connectivity index is 1.55. The van der Waals surface area contributed by atoms with Gasteiger partial charge >= 0.3 is 0 Å². The number of likely N-dealkylation sites (tertiary alicyclic amines) is 1. The fourth-order valence-corrected chi connectivity index (χ4v) is 3.23. The van der Waals surface area contributed by atoms with Crippen molar-refractivity contribution in [3.8, 4) is 11.5 Å². The van der Waals surface area contributed by atoms with Crippen LogP contribution in [0.1, 0.15) is 33.3 Å². The van der Waals surface area contributed by atoms with E-state index in [1.807, 2.05) is 30.1 Å². The van der Waals surface area contributed by atoms with Gasteiger partial charge in [-0.25, -0.2) is 0 Å². The van der Waals surface area contributed by atoms with Crippen LogP contribution in [0, 0.1) is 5.92 Å². The van der Waals surface area contributed by atoms with Gasteiger partial charge in [0, 0.05) is 31.7 Å². The van der Waals surface area contributed by atoms with E-state index in [1.165, 1.54) is 0 Å². The van der Waals surface area contributed by atoms with Crippen molar-refractivity contribution in [2.24, 2.45) is 5.92 Å². The van der Waals surface area contributed by atoms with Crippen LogP contribution >= 0.6 is 0 Å². The largest absolute Gasteiger partial charge is 0.454 e. The third kappa shape index (κ3) is 3.36. The molecule has 0 bridgehead atoms. The maximum absolute atomic E-state index is 12.7. The molecule has 0 aliphatic carbocycles. The Labute approximate surface area is 144 Å². The van der Waals surface area contributed by atoms with Crippen molar-refractivity contribution in [2.75, 3.05) is 26.9 Å². The smallest absolute Gasteiger partial charge is 0.231 e. The summed E-state index contributed by atoms with van der Waals surface area (Å²) in [6.45, 7) is 10.7. The monoisotopic (exact) mass is 332 g/mol. The van der Waals surface area contributed by atoms with Crippen LogP contribution < -0.4 is 9.47 Å². The number of nitrogens with zero attached hydrogens (tertiary/aromatic N) is 2. The summed E-state index contributed by atoms with van der Waals surface area (Å²) in [5.74, 6) is 1.98. The standard InChI is InChI=1S/C19H28N2O3/c1-13(8-14-6-7-16-17(9-14)24-12-23-16)20(5)18(22)15-10-21(11-15)19(2,3)4/h6-7,9,13,15H,8,10-12H2,1-5H3. The predicted octanol–water partition coefficient (Wildman–Crippen LogP) is 2.54. The summed E-state index contributed by atoms with van der Waals surface area (Å²) in [5, 5.41) is 0. The summed E-state index contributed by atoms with van der Waals surface area (Å²) < 4.78 is 10.8. The Morgan fingerprint density at radius 2 is 1.96 bits per heavy atom. The molecule has 24 heavy (non-hydrogen) atoms. The van der Waals surface area contributed by atoms with Gasteiger partial charge in [0.15, 0.2) is 11.5 Å². The van der Waals surface area contributed by atoms with Crippen molar-refractivity contribution in [3.63, 3.8) is 0 Å². The molecule has 132 valence electrons. The molecule has 2 heterocycles. The number of ether oxygens (including phenoxy) is 2. The average molecular weight is 332 g/mol. The number of fused-ring (bicyclic) bond motifs is 1. The van der Waals surface area contributed by atoms with E-state index in [2.05, 4.69) is 32.6 Å². The van der Waals surface area contributed by atoms with Crippen molar-refractivity contribution in [3.05, 3.63) is 23.8 Å². The number of rotatable bonds is 4. The third-order valence-electron chi connectivity index (χ3n) is 5.16. The number of amides is 1. The maximum Gasteiger partial charge on any atom is 0.231 e. The van der Waals surface area contributed by atoms with Crippen LogP contribution in [-0.2, 0) is 11.2 Å². The van der Waals surface area contributed by atoms with Crippen LogP contribution in [0.5, 0.6) is 11.5 Å². The number of benzene rings is 1. The maximum atomic E-state index is 12.7. The second-order valence-electron chi connectivity index (χ2n) is 7.96. The summed E-state index contributed by atoms with van der Waals surface area (Å²) in [4.78, 5) is 16.9. The summed E-state index contributed by atoms with van der Waals surface area (Å²) in [6.07, 6.45) is 0.814. The molecule has 0 radical (unpaired) electrons. The molecule has 5 heteroatoms. The first-order chi connectivity index (χ1) is 11.3. The molecule has 3 rings (SSSR count). The molecule has 5 nitrogen and oxygen atoms in total. The van der Waals surface area contributed by atoms with Gasteiger partial charge in [0.05, 0.1) is 5.92 Å². The predicted molar refractivity (Wildman–Crippen MR) is 93.3 cm³/mol. The van der Waals surface area contributed by atoms with Crippen molar-refractivity contribution in [2.45, 2.75) is 45.7 Å². The Hall–Kier alpha value is -1.75. The van der Waals surface area contributed by atoms with Crippen molar-refractivity contribution in [1.29, 1.82) is 0 Å². The van der Waals surface area contributed by atoms with Crippen LogP contribution in [0.3, 0.4) is 0 Å². The Morgan fingerprint density at radius 1 is 1.29 bits per heavy atom. The molecule has 1 saturated heterocycles. The quantitative estimate of drug-likeness (QED) is 0.850. The first-order valence-electron chi connectivity index (χ1n) is 8.66. The SMILES string of the molecule is CC(Cc1ccc2c(c1)OCO2)N(C)C(=O)C1CN(C(C)(C)C)C1. The Kier molecular flexibility index (Phi) is 4.47. The number of hydrogen-bond donors (Lipinski definition) is 0. The van der Waals surface area contributed by atoms with Gasteiger partial charge in [-0.2, -0.15) is 0 Å². The molecule has 0 spiro atoms. The van der Waals surface area contributed by atoms with E-state index in [0.717, 1.165) is 36.6 Å². The number of carbonyl (C=O) groups is 1. The van der Waals surface area contributed by atoms with Gasteiger partial charge in [-0.3, -0.25) is 9.69 Å². The van der Waals surface area contributed by atoms with Gasteiger partial charge in [-0.1, -0.05) is 6.07 Å². The van der Waals surface area contributed by atoms with Gasteiger partial charge in [0.1, 0.15) is 0 Å². The zero-order valence-corrected chi connectivity index (χ0v) is 15.3. The molecule has 1 atom stereocenters. The van der Waals surface area contributed by atoms with Crippen LogP contribution in [-0.4, -0.2) is 54.2 Å². The van der Waals surface area contributed by atoms with E-state index in [4.69, 9.17) is 9.47 Å². The molecule has 0 N–H and O–H groups in total. The lowest BCUT2D eigenvalue weighted by atomic mass is 9.91. The fourth-order valence-electron chi connectivity index (χ4n) is 3.23. The van der Waals surface area contributed by atoms with E-state index >= 15 is 0 Å². The minimum absolute atomic E-state index is 0.133. The highest BCUT2D eigenvalue weighted by Crippen LogP contribution is 2.33. The van der Waals surface area contributed by atoms with E-state index < -0.39 is 0 Å². The molecule has 0 aromatic heterocycles. The first-order valence-corrected chi connectivity index (χ1v) is 8.66. The average Bonchev–Trinajstić information content (AvgIpc) is 2.90. The number of hydrogen-bond acceptors (Lipinski definition) is 4. The highest BCUT2D eigenvalue weighted by atomic mass is 16.7. The van der Waals surface area contributed by atoms with Gasteiger partial charge in [-0.05, 0) is 51.8 Å². The Morgan fingerprint density at radius 3 is 2.62 bits per heavy atom. The molecule has 2 aliphatic heterocycles. The Bertz CT molecular complexity index is 618. The highest BCUT2D eigenvalue weighted by molar-refractivity contribution is 5.80. The van der Waals surface area contributed by atoms with E-state index in [1.54, 1.807) is 0 Å². The summed E-state index contributed by atoms with van der Waals surface area (Å²) in [5.41, 5.74) is 1.31. The molecular weight excluding hydrogens is 304 g/mol. The third-order valence-corrected chi connectivity index (χ3v) is 5.16. The molecule has 1 unspecified atom stereocenters. The van der Waals surface area contributed by atoms with Crippen LogP contribution in [0.2, 0.25) is 0 Å². The molecular formula is C19H28N2O3. The first kappa shape index (κ1) is 17.1. The minimum atomic E-state index is 0.133. The van der Waals surface area contributed by atoms with Crippen LogP contribution in [0.15, 0.2) is 18.2 Å². The lowest BCUT2D eigenvalue weighted by Gasteiger charge is -2.48. The number of likely N-dealkylation sites (N-methyl/N-ethyl adjacent to an activating group) is 1. The van der Waals surface area contributed by atoms with Crippen molar-refractivity contribution in [1.82, 2.24) is 9.80 Å². The second kappa shape index (κ2) is 6.28. The number of carbonyl (C=O) groups excluding carboxylic acids is 1. The van der Waals surface area contributed by atoms with E-state index in [9.17, 15) is 4.79 Å². The van der Waals surface area contributed by atoms with Crippen LogP contribution in [0.4, 0.5) is 0 Å². The van der Waals surface area contributed by atoms with Gasteiger partial charge < -0.3 is 14.4 Å². The zero-order chi connectivity index (χ0) is 17.5. The van der Waals surface area contributed by atoms with Gasteiger partial charge in [0.25, 0.3) is 0 Å². The zero-order valence-electron chi connectivity index (χ0n) is 15.3. The second-order valence-corrected chi connectivity index (χ2v) is 7.96. The van der Waals surface area contributed by atoms with Gasteiger partial charge in [0.2, 0.25) is 12.7 Å². The summed E-state index contributed by atoms with van der Waals surface area (Å²) in [6, 6.07) is 6.16. The lowest BCUT2D eigenvalue weighted by molar-refractivity contribution is -0.144. The van der Waals surface area contributed by atoms with Crippen molar-refractivity contribution < 1.29 is 14.3 Å². The molecule has 1 amide bonds. The highest BCUT2D eigenvalue weighted by Gasteiger charge is 2.40. The lowest BCUT2D eigenvalue weighted by Crippen LogP contribution is -2.60. The van der Waals surface area contributed by atoms with Gasteiger partial charge in [-0.15, -0.1) is 0 Å². The van der Waals surface area contributed by atoms with Crippen LogP contribution in [0.25, 0.3) is 0 Å². The summed E-state index contributed by atoms with van der Waals surface area (Å²) >= 11 is 0. The summed E-state index contributed by atoms with van der Waals surface area (Å²) in [7, 11) is 1.92. The molecule has 1 fully saturated rings. The van der Waals surface area contributed by atoms with E-state index in [0.29, 0.717) is 6.79 Å². The normalized spacial score (nSPS) is 19.0. The molecule has 2 aliphatic rings. The minimum Gasteiger partial charge on any atom is -0.454 e. The molecule has 0 saturated carbocycles. The fraction of sp³-hybridized carbons (Fsp3) is 0.632. The molecule has 1 aromatic carbocycles.